The zero-order chi connectivity index (χ0) is 23.0. The number of nitrogens with zero attached hydrogens (tertiary/aromatic N) is 4. The number of hydrogen-bond donors (Lipinski definition) is 2. The standard InChI is InChI=1S/C19H15ClN6O3S/c1-10-5-14(26-30(28,29)12-3-4-13(20)11(2)6-12)15(21-7-10)18(27)16-17-19(24-8-22-16)25-9-23-17/h3-9,26H,1-2H3,(H,22,23,24,25)/i1D2. The van der Waals surface area contributed by atoms with E-state index in [0.29, 0.717) is 10.6 Å². The second-order valence-electron chi connectivity index (χ2n) is 6.33. The van der Waals surface area contributed by atoms with Gasteiger partial charge in [0.2, 0.25) is 5.78 Å². The van der Waals surface area contributed by atoms with Crippen molar-refractivity contribution >= 4 is 44.3 Å². The fraction of sp³-hybridized carbons (Fsp3) is 0.105. The maximum Gasteiger partial charge on any atom is 0.261 e. The van der Waals surface area contributed by atoms with Crippen LogP contribution in [-0.2, 0) is 10.0 Å². The van der Waals surface area contributed by atoms with Gasteiger partial charge in [-0.05, 0) is 49.2 Å². The number of pyridine rings is 1. The Morgan fingerprint density at radius 2 is 2.00 bits per heavy atom. The first-order valence-electron chi connectivity index (χ1n) is 9.65. The number of benzene rings is 1. The van der Waals surface area contributed by atoms with Crippen LogP contribution in [0.4, 0.5) is 5.69 Å². The minimum Gasteiger partial charge on any atom is -0.341 e. The Kier molecular flexibility index (Phi) is 4.35. The first-order chi connectivity index (χ1) is 15.2. The van der Waals surface area contributed by atoms with Crippen molar-refractivity contribution in [2.45, 2.75) is 18.7 Å². The molecule has 0 fully saturated rings. The van der Waals surface area contributed by atoms with E-state index in [1.807, 2.05) is 0 Å². The molecule has 9 nitrogen and oxygen atoms in total. The lowest BCUT2D eigenvalue weighted by Crippen LogP contribution is -2.18. The summed E-state index contributed by atoms with van der Waals surface area (Å²) in [7, 11) is -4.14. The summed E-state index contributed by atoms with van der Waals surface area (Å²) < 4.78 is 43.6. The van der Waals surface area contributed by atoms with Gasteiger partial charge in [0.25, 0.3) is 10.0 Å². The van der Waals surface area contributed by atoms with Gasteiger partial charge in [-0.1, -0.05) is 11.6 Å². The number of aromatic amines is 1. The third kappa shape index (κ3) is 3.62. The first-order valence-corrected chi connectivity index (χ1v) is 10.4. The minimum absolute atomic E-state index is 0.0520. The van der Waals surface area contributed by atoms with Gasteiger partial charge in [-0.25, -0.2) is 23.4 Å². The van der Waals surface area contributed by atoms with Gasteiger partial charge in [0.15, 0.2) is 5.65 Å². The van der Waals surface area contributed by atoms with Crippen LogP contribution >= 0.6 is 11.6 Å². The molecular formula is C19H15ClN6O3S. The van der Waals surface area contributed by atoms with Crippen LogP contribution in [0, 0.1) is 13.8 Å². The highest BCUT2D eigenvalue weighted by Gasteiger charge is 2.24. The average molecular weight is 445 g/mol. The molecule has 4 aromatic rings. The number of fused-ring (bicyclic) bond motifs is 1. The maximum atomic E-state index is 13.2. The SMILES string of the molecule is [2H]C([2H])c1cnc(C(=O)c2ncnc3nc[nH]c23)c(NS(=O)(=O)c2ccc(Cl)c(C)c2)c1. The molecule has 0 aliphatic rings. The van der Waals surface area contributed by atoms with E-state index in [2.05, 4.69) is 29.6 Å². The zero-order valence-electron chi connectivity index (χ0n) is 17.4. The summed E-state index contributed by atoms with van der Waals surface area (Å²) in [6, 6.07) is 5.40. The van der Waals surface area contributed by atoms with Gasteiger partial charge >= 0.3 is 0 Å². The molecule has 0 atom stereocenters. The number of carbonyl (C=O) groups excluding carboxylic acids is 1. The number of aromatic nitrogens is 5. The molecule has 0 aliphatic carbocycles. The molecule has 152 valence electrons. The number of imidazole rings is 1. The number of hydrogen-bond acceptors (Lipinski definition) is 7. The second kappa shape index (κ2) is 7.47. The first kappa shape index (κ1) is 17.5. The summed E-state index contributed by atoms with van der Waals surface area (Å²) in [5, 5.41) is 0.405. The lowest BCUT2D eigenvalue weighted by molar-refractivity contribution is 0.103. The summed E-state index contributed by atoms with van der Waals surface area (Å²) in [4.78, 5) is 31.9. The number of H-pyrrole nitrogens is 1. The Hall–Kier alpha value is -3.37. The number of carbonyl (C=O) groups is 1. The fourth-order valence-corrected chi connectivity index (χ4v) is 4.04. The van der Waals surface area contributed by atoms with Crippen molar-refractivity contribution in [1.82, 2.24) is 24.9 Å². The van der Waals surface area contributed by atoms with Crippen LogP contribution in [0.3, 0.4) is 0 Å². The molecule has 3 heterocycles. The summed E-state index contributed by atoms with van der Waals surface area (Å²) in [5.74, 6) is -0.690. The monoisotopic (exact) mass is 444 g/mol. The Bertz CT molecular complexity index is 1460. The molecule has 2 N–H and O–H groups in total. The molecule has 0 saturated heterocycles. The molecule has 1 aromatic carbocycles. The number of rotatable bonds is 5. The van der Waals surface area contributed by atoms with E-state index >= 15 is 0 Å². The largest absolute Gasteiger partial charge is 0.341 e. The van der Waals surface area contributed by atoms with Gasteiger partial charge in [0, 0.05) is 14.0 Å². The van der Waals surface area contributed by atoms with Crippen molar-refractivity contribution < 1.29 is 16.0 Å². The van der Waals surface area contributed by atoms with Gasteiger partial charge in [0.05, 0.1) is 16.9 Å². The van der Waals surface area contributed by atoms with Crippen LogP contribution in [0.15, 0.2) is 48.0 Å². The molecule has 11 heteroatoms. The van der Waals surface area contributed by atoms with Crippen LogP contribution in [0.5, 0.6) is 0 Å². The molecule has 4 rings (SSSR count). The highest BCUT2D eigenvalue weighted by Crippen LogP contribution is 2.25. The van der Waals surface area contributed by atoms with Crippen molar-refractivity contribution in [2.75, 3.05) is 4.72 Å². The van der Waals surface area contributed by atoms with Crippen LogP contribution < -0.4 is 4.72 Å². The van der Waals surface area contributed by atoms with Gasteiger partial charge in [0.1, 0.15) is 23.2 Å². The number of aryl methyl sites for hydroxylation is 2. The van der Waals surface area contributed by atoms with Gasteiger partial charge < -0.3 is 4.98 Å². The van der Waals surface area contributed by atoms with Crippen LogP contribution in [0.25, 0.3) is 11.2 Å². The van der Waals surface area contributed by atoms with E-state index in [9.17, 15) is 13.2 Å². The number of anilines is 1. The smallest absolute Gasteiger partial charge is 0.261 e. The van der Waals surface area contributed by atoms with Crippen LogP contribution in [0.2, 0.25) is 5.02 Å². The van der Waals surface area contributed by atoms with Crippen molar-refractivity contribution in [3.8, 4) is 0 Å². The molecule has 0 radical (unpaired) electrons. The van der Waals surface area contributed by atoms with E-state index in [0.717, 1.165) is 6.33 Å². The summed E-state index contributed by atoms with van der Waals surface area (Å²) in [6.07, 6.45) is 3.69. The quantitative estimate of drug-likeness (QED) is 0.452. The third-order valence-electron chi connectivity index (χ3n) is 4.25. The average Bonchev–Trinajstić information content (AvgIpc) is 3.23. The summed E-state index contributed by atoms with van der Waals surface area (Å²) >= 11 is 5.99. The molecule has 3 aromatic heterocycles. The van der Waals surface area contributed by atoms with Gasteiger partial charge in [-0.3, -0.25) is 14.5 Å². The van der Waals surface area contributed by atoms with Crippen molar-refractivity contribution in [3.05, 3.63) is 70.7 Å². The van der Waals surface area contributed by atoms with E-state index in [1.165, 1.54) is 36.8 Å². The van der Waals surface area contributed by atoms with E-state index in [1.54, 1.807) is 6.92 Å². The molecular weight excluding hydrogens is 428 g/mol. The number of halogens is 1. The van der Waals surface area contributed by atoms with E-state index < -0.39 is 22.7 Å². The molecule has 0 amide bonds. The topological polar surface area (TPSA) is 131 Å². The minimum atomic E-state index is -4.14. The number of sulfonamides is 1. The Morgan fingerprint density at radius 1 is 1.17 bits per heavy atom. The molecule has 0 unspecified atom stereocenters. The molecule has 0 saturated carbocycles. The van der Waals surface area contributed by atoms with Crippen LogP contribution in [-0.4, -0.2) is 39.1 Å². The predicted molar refractivity (Wildman–Crippen MR) is 111 cm³/mol. The highest BCUT2D eigenvalue weighted by atomic mass is 35.5. The molecule has 30 heavy (non-hydrogen) atoms. The second-order valence-corrected chi connectivity index (χ2v) is 8.42. The predicted octanol–water partition coefficient (Wildman–Crippen LogP) is 3.05. The van der Waals surface area contributed by atoms with E-state index in [-0.39, 0.29) is 38.7 Å². The Balaban J connectivity index is 1.82. The van der Waals surface area contributed by atoms with Crippen molar-refractivity contribution in [3.63, 3.8) is 0 Å². The number of ketones is 1. The third-order valence-corrected chi connectivity index (χ3v) is 6.03. The lowest BCUT2D eigenvalue weighted by atomic mass is 10.1. The maximum absolute atomic E-state index is 13.2. The highest BCUT2D eigenvalue weighted by molar-refractivity contribution is 7.92. The fourth-order valence-electron chi connectivity index (χ4n) is 2.78. The van der Waals surface area contributed by atoms with Crippen molar-refractivity contribution in [1.29, 1.82) is 0 Å². The molecule has 0 spiro atoms. The van der Waals surface area contributed by atoms with Crippen molar-refractivity contribution in [2.24, 2.45) is 0 Å². The Morgan fingerprint density at radius 3 is 2.77 bits per heavy atom. The van der Waals surface area contributed by atoms with Gasteiger partial charge in [-0.2, -0.15) is 0 Å². The summed E-state index contributed by atoms with van der Waals surface area (Å²) in [6.45, 7) is 0.222. The summed E-state index contributed by atoms with van der Waals surface area (Å²) in [5.41, 5.74) is 0.692. The molecule has 0 aliphatic heterocycles. The van der Waals surface area contributed by atoms with Crippen LogP contribution in [0.1, 0.15) is 30.1 Å². The zero-order valence-corrected chi connectivity index (χ0v) is 17.0. The Labute approximate surface area is 179 Å². The number of nitrogens with one attached hydrogen (secondary N) is 2. The van der Waals surface area contributed by atoms with E-state index in [4.69, 9.17) is 14.3 Å². The van der Waals surface area contributed by atoms with Gasteiger partial charge in [-0.15, -0.1) is 0 Å². The normalized spacial score (nSPS) is 12.6. The lowest BCUT2D eigenvalue weighted by Gasteiger charge is -2.13. The molecule has 0 bridgehead atoms.